The molecule has 25 heavy (non-hydrogen) atoms. The predicted molar refractivity (Wildman–Crippen MR) is 91.7 cm³/mol. The molecule has 3 rings (SSSR count). The zero-order valence-electron chi connectivity index (χ0n) is 13.8. The summed E-state index contributed by atoms with van der Waals surface area (Å²) in [5, 5.41) is 9.86. The number of β-amino-alcohol motifs (C(OH)–C–C–N with tert-alkyl or cyclic N) is 1. The molecule has 0 spiro atoms. The van der Waals surface area contributed by atoms with E-state index < -0.39 is 6.10 Å². The molecule has 0 bridgehead atoms. The molecule has 1 amide bonds. The van der Waals surface area contributed by atoms with Crippen molar-refractivity contribution < 1.29 is 19.0 Å². The van der Waals surface area contributed by atoms with Crippen LogP contribution >= 0.6 is 0 Å². The number of piperidine rings is 1. The molecule has 0 saturated carbocycles. The van der Waals surface area contributed by atoms with Crippen molar-refractivity contribution in [1.82, 2.24) is 4.90 Å². The summed E-state index contributed by atoms with van der Waals surface area (Å²) >= 11 is 0. The Kier molecular flexibility index (Phi) is 5.31. The molecule has 3 N–H and O–H groups in total. The van der Waals surface area contributed by atoms with Gasteiger partial charge in [-0.05, 0) is 42.3 Å². The first kappa shape index (κ1) is 17.4. The van der Waals surface area contributed by atoms with Crippen LogP contribution in [0.4, 0.5) is 4.39 Å². The highest BCUT2D eigenvalue weighted by molar-refractivity contribution is 5.94. The lowest BCUT2D eigenvalue weighted by Gasteiger charge is -2.34. The summed E-state index contributed by atoms with van der Waals surface area (Å²) in [6.45, 7) is 0.965. The summed E-state index contributed by atoms with van der Waals surface area (Å²) in [7, 11) is 0. The van der Waals surface area contributed by atoms with E-state index in [1.807, 2.05) is 0 Å². The number of carbonyl (C=O) groups is 1. The largest absolute Gasteiger partial charge is 0.489 e. The Labute approximate surface area is 145 Å². The third-order valence-electron chi connectivity index (χ3n) is 4.30. The molecular formula is C19H21FN2O3. The maximum absolute atomic E-state index is 13.2. The number of hydrogen-bond donors (Lipinski definition) is 2. The Morgan fingerprint density at radius 3 is 2.84 bits per heavy atom. The molecule has 6 heteroatoms. The van der Waals surface area contributed by atoms with Crippen molar-refractivity contribution in [3.63, 3.8) is 0 Å². The van der Waals surface area contributed by atoms with Crippen molar-refractivity contribution in [2.24, 2.45) is 5.73 Å². The molecule has 0 radical (unpaired) electrons. The topological polar surface area (TPSA) is 75.8 Å². The number of amides is 1. The number of hydrogen-bond acceptors (Lipinski definition) is 4. The number of likely N-dealkylation sites (tertiary alicyclic amines) is 1. The fourth-order valence-electron chi connectivity index (χ4n) is 2.83. The number of nitrogens with zero attached hydrogens (tertiary/aromatic N) is 1. The molecular weight excluding hydrogens is 323 g/mol. The molecule has 0 aromatic heterocycles. The third-order valence-corrected chi connectivity index (χ3v) is 4.30. The Balaban J connectivity index is 1.65. The quantitative estimate of drug-likeness (QED) is 0.889. The highest BCUT2D eigenvalue weighted by Gasteiger charge is 2.28. The Bertz CT molecular complexity index is 753. The van der Waals surface area contributed by atoms with E-state index in [4.69, 9.17) is 10.5 Å². The van der Waals surface area contributed by atoms with Gasteiger partial charge in [-0.2, -0.15) is 0 Å². The van der Waals surface area contributed by atoms with Gasteiger partial charge in [0, 0.05) is 24.7 Å². The fourth-order valence-corrected chi connectivity index (χ4v) is 2.83. The lowest BCUT2D eigenvalue weighted by Crippen LogP contribution is -2.52. The van der Waals surface area contributed by atoms with Gasteiger partial charge < -0.3 is 20.5 Å². The van der Waals surface area contributed by atoms with Crippen LogP contribution in [0.2, 0.25) is 0 Å². The van der Waals surface area contributed by atoms with Gasteiger partial charge >= 0.3 is 0 Å². The van der Waals surface area contributed by atoms with Crippen molar-refractivity contribution in [3.8, 4) is 5.75 Å². The zero-order valence-corrected chi connectivity index (χ0v) is 13.8. The first-order chi connectivity index (χ1) is 12.0. The molecule has 2 aromatic carbocycles. The third kappa shape index (κ3) is 4.35. The summed E-state index contributed by atoms with van der Waals surface area (Å²) in [6, 6.07) is 12.7. The van der Waals surface area contributed by atoms with E-state index in [0.717, 1.165) is 0 Å². The molecule has 1 saturated heterocycles. The Morgan fingerprint density at radius 2 is 2.08 bits per heavy atom. The highest BCUT2D eigenvalue weighted by atomic mass is 19.1. The van der Waals surface area contributed by atoms with Gasteiger partial charge in [0.15, 0.2) is 0 Å². The first-order valence-electron chi connectivity index (χ1n) is 8.23. The molecule has 1 heterocycles. The predicted octanol–water partition coefficient (Wildman–Crippen LogP) is 1.94. The zero-order chi connectivity index (χ0) is 17.8. The van der Waals surface area contributed by atoms with Crippen LogP contribution in [0.3, 0.4) is 0 Å². The lowest BCUT2D eigenvalue weighted by molar-refractivity contribution is 0.0395. The maximum atomic E-state index is 13.2. The normalized spacial score (nSPS) is 20.4. The van der Waals surface area contributed by atoms with E-state index in [2.05, 4.69) is 0 Å². The summed E-state index contributed by atoms with van der Waals surface area (Å²) in [5.74, 6) is 0.0541. The van der Waals surface area contributed by atoms with Gasteiger partial charge in [-0.3, -0.25) is 4.79 Å². The number of benzene rings is 2. The monoisotopic (exact) mass is 344 g/mol. The minimum atomic E-state index is -0.704. The molecule has 1 aliphatic rings. The smallest absolute Gasteiger partial charge is 0.254 e. The van der Waals surface area contributed by atoms with Gasteiger partial charge in [0.25, 0.3) is 5.91 Å². The van der Waals surface area contributed by atoms with Crippen LogP contribution in [0.1, 0.15) is 22.3 Å². The van der Waals surface area contributed by atoms with Gasteiger partial charge in [-0.1, -0.05) is 18.2 Å². The summed E-state index contributed by atoms with van der Waals surface area (Å²) in [5.41, 5.74) is 6.97. The van der Waals surface area contributed by atoms with Crippen LogP contribution in [0.25, 0.3) is 0 Å². The number of aliphatic hydroxyl groups is 1. The summed E-state index contributed by atoms with van der Waals surface area (Å²) in [6.07, 6.45) is -0.132. The molecule has 1 fully saturated rings. The Morgan fingerprint density at radius 1 is 1.28 bits per heavy atom. The number of ether oxygens (including phenoxy) is 1. The SMILES string of the molecule is N[C@@H]1CCN(C(=O)c2cccc(OCc3cccc(F)c3)c2)C[C@H]1O. The van der Waals surface area contributed by atoms with Crippen molar-refractivity contribution in [3.05, 3.63) is 65.5 Å². The van der Waals surface area contributed by atoms with Gasteiger partial charge in [0.2, 0.25) is 0 Å². The van der Waals surface area contributed by atoms with E-state index in [0.29, 0.717) is 29.8 Å². The van der Waals surface area contributed by atoms with Crippen LogP contribution in [0.15, 0.2) is 48.5 Å². The molecule has 5 nitrogen and oxygen atoms in total. The molecule has 1 aliphatic heterocycles. The number of nitrogens with two attached hydrogens (primary N) is 1. The van der Waals surface area contributed by atoms with Gasteiger partial charge in [0.05, 0.1) is 6.10 Å². The second kappa shape index (κ2) is 7.63. The average Bonchev–Trinajstić information content (AvgIpc) is 2.62. The van der Waals surface area contributed by atoms with Crippen molar-refractivity contribution in [2.45, 2.75) is 25.2 Å². The van der Waals surface area contributed by atoms with Gasteiger partial charge in [-0.25, -0.2) is 4.39 Å². The second-order valence-corrected chi connectivity index (χ2v) is 6.22. The van der Waals surface area contributed by atoms with E-state index in [9.17, 15) is 14.3 Å². The Hall–Kier alpha value is -2.44. The van der Waals surface area contributed by atoms with E-state index >= 15 is 0 Å². The number of rotatable bonds is 4. The van der Waals surface area contributed by atoms with E-state index in [1.165, 1.54) is 12.1 Å². The summed E-state index contributed by atoms with van der Waals surface area (Å²) < 4.78 is 18.8. The fraction of sp³-hybridized carbons (Fsp3) is 0.316. The van der Waals surface area contributed by atoms with Crippen LogP contribution in [-0.2, 0) is 6.61 Å². The van der Waals surface area contributed by atoms with Crippen LogP contribution in [0.5, 0.6) is 5.75 Å². The van der Waals surface area contributed by atoms with E-state index in [1.54, 1.807) is 41.3 Å². The van der Waals surface area contributed by atoms with Crippen LogP contribution in [0, 0.1) is 5.82 Å². The molecule has 132 valence electrons. The van der Waals surface area contributed by atoms with Gasteiger partial charge in [0.1, 0.15) is 18.2 Å². The van der Waals surface area contributed by atoms with Crippen molar-refractivity contribution in [2.75, 3.05) is 13.1 Å². The average molecular weight is 344 g/mol. The van der Waals surface area contributed by atoms with Crippen LogP contribution in [-0.4, -0.2) is 41.1 Å². The first-order valence-corrected chi connectivity index (χ1v) is 8.23. The van der Waals surface area contributed by atoms with E-state index in [-0.39, 0.29) is 30.9 Å². The van der Waals surface area contributed by atoms with Gasteiger partial charge in [-0.15, -0.1) is 0 Å². The molecule has 2 atom stereocenters. The molecule has 0 aliphatic carbocycles. The number of aliphatic hydroxyl groups excluding tert-OH is 1. The number of halogens is 1. The molecule has 0 unspecified atom stereocenters. The standard InChI is InChI=1S/C19H21FN2O3/c20-15-5-1-3-13(9-15)12-25-16-6-2-4-14(10-16)19(24)22-8-7-17(21)18(23)11-22/h1-6,9-10,17-18,23H,7-8,11-12,21H2/t17-,18-/m1/s1. The minimum Gasteiger partial charge on any atom is -0.489 e. The second-order valence-electron chi connectivity index (χ2n) is 6.22. The highest BCUT2D eigenvalue weighted by Crippen LogP contribution is 2.19. The minimum absolute atomic E-state index is 0.165. The number of carbonyl (C=O) groups excluding carboxylic acids is 1. The summed E-state index contributed by atoms with van der Waals surface area (Å²) in [4.78, 5) is 14.2. The lowest BCUT2D eigenvalue weighted by atomic mass is 10.0. The van der Waals surface area contributed by atoms with Crippen molar-refractivity contribution in [1.29, 1.82) is 0 Å². The van der Waals surface area contributed by atoms with Crippen LogP contribution < -0.4 is 10.5 Å². The molecule has 2 aromatic rings. The maximum Gasteiger partial charge on any atom is 0.254 e. The van der Waals surface area contributed by atoms with Crippen molar-refractivity contribution >= 4 is 5.91 Å².